The maximum absolute atomic E-state index is 13.5. The largest absolute Gasteiger partial charge is 0.482 e. The second-order valence-corrected chi connectivity index (χ2v) is 5.82. The zero-order chi connectivity index (χ0) is 16.3. The Bertz CT molecular complexity index is 724. The van der Waals surface area contributed by atoms with Gasteiger partial charge in [-0.1, -0.05) is 46.4 Å². The number of hydrogen-bond donors (Lipinski definition) is 1. The van der Waals surface area contributed by atoms with Gasteiger partial charge in [0.15, 0.2) is 6.61 Å². The fraction of sp³-hybridized carbons (Fsp3) is 0.0714. The number of ether oxygens (including phenoxy) is 1. The summed E-state index contributed by atoms with van der Waals surface area (Å²) < 4.78 is 18.8. The molecular formula is C14H8Cl4FNO2. The van der Waals surface area contributed by atoms with Crippen LogP contribution in [0.4, 0.5) is 10.1 Å². The summed E-state index contributed by atoms with van der Waals surface area (Å²) in [7, 11) is 0. The summed E-state index contributed by atoms with van der Waals surface area (Å²) in [6, 6.07) is 6.69. The average molecular weight is 383 g/mol. The van der Waals surface area contributed by atoms with Crippen molar-refractivity contribution in [2.45, 2.75) is 0 Å². The van der Waals surface area contributed by atoms with Gasteiger partial charge in [0.1, 0.15) is 11.6 Å². The lowest BCUT2D eigenvalue weighted by molar-refractivity contribution is -0.118. The number of carbonyl (C=O) groups excluding carboxylic acids is 1. The maximum atomic E-state index is 13.5. The highest BCUT2D eigenvalue weighted by molar-refractivity contribution is 6.43. The maximum Gasteiger partial charge on any atom is 0.262 e. The van der Waals surface area contributed by atoms with Gasteiger partial charge < -0.3 is 10.1 Å². The van der Waals surface area contributed by atoms with E-state index in [2.05, 4.69) is 5.32 Å². The molecule has 1 N–H and O–H groups in total. The van der Waals surface area contributed by atoms with Crippen molar-refractivity contribution in [3.63, 3.8) is 0 Å². The molecule has 0 aromatic heterocycles. The molecule has 0 fully saturated rings. The molecule has 1 amide bonds. The van der Waals surface area contributed by atoms with E-state index in [1.807, 2.05) is 0 Å². The number of rotatable bonds is 4. The fourth-order valence-electron chi connectivity index (χ4n) is 1.54. The number of carbonyl (C=O) groups is 1. The zero-order valence-electron chi connectivity index (χ0n) is 10.8. The van der Waals surface area contributed by atoms with Gasteiger partial charge >= 0.3 is 0 Å². The second-order valence-electron chi connectivity index (χ2n) is 4.16. The lowest BCUT2D eigenvalue weighted by Gasteiger charge is -2.10. The lowest BCUT2D eigenvalue weighted by Crippen LogP contribution is -2.20. The Labute approximate surface area is 145 Å². The van der Waals surface area contributed by atoms with Crippen molar-refractivity contribution in [3.05, 3.63) is 56.2 Å². The first-order valence-electron chi connectivity index (χ1n) is 5.89. The first-order chi connectivity index (χ1) is 10.4. The Morgan fingerprint density at radius 2 is 1.73 bits per heavy atom. The summed E-state index contributed by atoms with van der Waals surface area (Å²) in [4.78, 5) is 11.7. The predicted octanol–water partition coefficient (Wildman–Crippen LogP) is 5.46. The van der Waals surface area contributed by atoms with E-state index in [1.165, 1.54) is 24.3 Å². The van der Waals surface area contributed by atoms with Crippen molar-refractivity contribution in [1.82, 2.24) is 0 Å². The van der Waals surface area contributed by atoms with Crippen LogP contribution in [-0.4, -0.2) is 12.5 Å². The Kier molecular flexibility index (Phi) is 5.75. The van der Waals surface area contributed by atoms with Crippen molar-refractivity contribution in [2.24, 2.45) is 0 Å². The molecule has 0 aliphatic heterocycles. The summed E-state index contributed by atoms with van der Waals surface area (Å²) in [5, 5.41) is 3.30. The van der Waals surface area contributed by atoms with Gasteiger partial charge in [0, 0.05) is 11.1 Å². The van der Waals surface area contributed by atoms with Gasteiger partial charge in [0.05, 0.1) is 20.8 Å². The number of nitrogens with one attached hydrogen (secondary N) is 1. The topological polar surface area (TPSA) is 38.3 Å². The van der Waals surface area contributed by atoms with Gasteiger partial charge in [-0.15, -0.1) is 0 Å². The van der Waals surface area contributed by atoms with Crippen LogP contribution >= 0.6 is 46.4 Å². The molecule has 22 heavy (non-hydrogen) atoms. The molecule has 0 saturated carbocycles. The molecule has 0 aliphatic rings. The van der Waals surface area contributed by atoms with E-state index in [-0.39, 0.29) is 38.1 Å². The van der Waals surface area contributed by atoms with E-state index in [4.69, 9.17) is 51.1 Å². The van der Waals surface area contributed by atoms with Crippen molar-refractivity contribution in [1.29, 1.82) is 0 Å². The SMILES string of the molecule is O=C(COc1cc(Cl)c(Cl)cc1Cl)Nc1ccc(Cl)cc1F. The van der Waals surface area contributed by atoms with Crippen LogP contribution in [0.1, 0.15) is 0 Å². The third kappa shape index (κ3) is 4.40. The minimum absolute atomic E-state index is 0.00163. The van der Waals surface area contributed by atoms with Crippen LogP contribution < -0.4 is 10.1 Å². The van der Waals surface area contributed by atoms with Crippen molar-refractivity contribution in [2.75, 3.05) is 11.9 Å². The van der Waals surface area contributed by atoms with E-state index in [0.717, 1.165) is 6.07 Å². The molecule has 0 atom stereocenters. The Balaban J connectivity index is 2.00. The third-order valence-corrected chi connectivity index (χ3v) is 3.79. The van der Waals surface area contributed by atoms with E-state index < -0.39 is 11.7 Å². The molecule has 0 radical (unpaired) electrons. The normalized spacial score (nSPS) is 10.4. The van der Waals surface area contributed by atoms with Crippen molar-refractivity contribution in [3.8, 4) is 5.75 Å². The van der Waals surface area contributed by atoms with E-state index in [1.54, 1.807) is 0 Å². The van der Waals surface area contributed by atoms with Gasteiger partial charge in [-0.2, -0.15) is 0 Å². The molecule has 2 rings (SSSR count). The molecular weight excluding hydrogens is 375 g/mol. The van der Waals surface area contributed by atoms with E-state index >= 15 is 0 Å². The molecule has 0 spiro atoms. The molecule has 8 heteroatoms. The van der Waals surface area contributed by atoms with E-state index in [0.29, 0.717) is 0 Å². The van der Waals surface area contributed by atoms with Crippen molar-refractivity contribution >= 4 is 58.0 Å². The van der Waals surface area contributed by atoms with Crippen LogP contribution in [0.3, 0.4) is 0 Å². The summed E-state index contributed by atoms with van der Waals surface area (Å²) in [5.74, 6) is -1.01. The van der Waals surface area contributed by atoms with Gasteiger partial charge in [0.2, 0.25) is 0 Å². The highest BCUT2D eigenvalue weighted by Gasteiger charge is 2.11. The smallest absolute Gasteiger partial charge is 0.262 e. The summed E-state index contributed by atoms with van der Waals surface area (Å²) in [6.45, 7) is -0.375. The number of halogens is 5. The van der Waals surface area contributed by atoms with Crippen LogP contribution in [0.5, 0.6) is 5.75 Å². The minimum atomic E-state index is -0.645. The summed E-state index contributed by atoms with van der Waals surface area (Å²) in [6.07, 6.45) is 0. The van der Waals surface area contributed by atoms with E-state index in [9.17, 15) is 9.18 Å². The Hall–Kier alpha value is -1.20. The molecule has 0 heterocycles. The molecule has 2 aromatic carbocycles. The Morgan fingerprint density at radius 3 is 2.41 bits per heavy atom. The number of hydrogen-bond acceptors (Lipinski definition) is 2. The van der Waals surface area contributed by atoms with Gasteiger partial charge in [-0.25, -0.2) is 4.39 Å². The van der Waals surface area contributed by atoms with Crippen LogP contribution in [0.2, 0.25) is 20.1 Å². The van der Waals surface area contributed by atoms with Crippen LogP contribution in [0.25, 0.3) is 0 Å². The van der Waals surface area contributed by atoms with Gasteiger partial charge in [-0.3, -0.25) is 4.79 Å². The third-order valence-electron chi connectivity index (χ3n) is 2.54. The lowest BCUT2D eigenvalue weighted by atomic mass is 10.3. The summed E-state index contributed by atoms with van der Waals surface area (Å²) >= 11 is 23.2. The minimum Gasteiger partial charge on any atom is -0.482 e. The first kappa shape index (κ1) is 17.2. The zero-order valence-corrected chi connectivity index (χ0v) is 13.8. The number of benzene rings is 2. The monoisotopic (exact) mass is 381 g/mol. The highest BCUT2D eigenvalue weighted by atomic mass is 35.5. The molecule has 0 bridgehead atoms. The molecule has 0 aliphatic carbocycles. The van der Waals surface area contributed by atoms with Crippen LogP contribution in [-0.2, 0) is 4.79 Å². The second kappa shape index (κ2) is 7.38. The van der Waals surface area contributed by atoms with Crippen LogP contribution in [0, 0.1) is 5.82 Å². The number of amides is 1. The molecule has 116 valence electrons. The standard InChI is InChI=1S/C14H8Cl4FNO2/c15-7-1-2-12(11(19)3-7)20-14(21)6-22-13-5-9(17)8(16)4-10(13)18/h1-5H,6H2,(H,20,21). The highest BCUT2D eigenvalue weighted by Crippen LogP contribution is 2.33. The van der Waals surface area contributed by atoms with Gasteiger partial charge in [-0.05, 0) is 24.3 Å². The number of anilines is 1. The summed E-state index contributed by atoms with van der Waals surface area (Å²) in [5.41, 5.74) is -0.00163. The van der Waals surface area contributed by atoms with Crippen molar-refractivity contribution < 1.29 is 13.9 Å². The Morgan fingerprint density at radius 1 is 1.05 bits per heavy atom. The molecule has 0 saturated heterocycles. The average Bonchev–Trinajstić information content (AvgIpc) is 2.44. The first-order valence-corrected chi connectivity index (χ1v) is 7.40. The molecule has 3 nitrogen and oxygen atoms in total. The predicted molar refractivity (Wildman–Crippen MR) is 87.0 cm³/mol. The van der Waals surface area contributed by atoms with Gasteiger partial charge in [0.25, 0.3) is 5.91 Å². The van der Waals surface area contributed by atoms with Crippen LogP contribution in [0.15, 0.2) is 30.3 Å². The molecule has 0 unspecified atom stereocenters. The molecule has 2 aromatic rings. The quantitative estimate of drug-likeness (QED) is 0.713. The fourth-order valence-corrected chi connectivity index (χ4v) is 2.29.